The molecule has 3 aromatic heterocycles. The fourth-order valence-corrected chi connectivity index (χ4v) is 3.23. The number of carbonyl (C=O) groups excluding carboxylic acids is 1. The summed E-state index contributed by atoms with van der Waals surface area (Å²) in [5, 5.41) is 5.71. The van der Waals surface area contributed by atoms with Gasteiger partial charge in [0.2, 0.25) is 0 Å². The fourth-order valence-electron chi connectivity index (χ4n) is 3.23. The summed E-state index contributed by atoms with van der Waals surface area (Å²) < 4.78 is 8.15. The van der Waals surface area contributed by atoms with Crippen molar-refractivity contribution >= 4 is 5.91 Å². The van der Waals surface area contributed by atoms with Crippen LogP contribution in [0.4, 0.5) is 0 Å². The molecule has 150 valence electrons. The smallest absolute Gasteiger partial charge is 0.274 e. The number of ether oxygens (including phenoxy) is 1. The number of hydrogen-bond donors (Lipinski definition) is 2. The molecule has 0 aromatic carbocycles. The van der Waals surface area contributed by atoms with Crippen LogP contribution in [0.15, 0.2) is 58.4 Å². The topological polar surface area (TPSA) is 111 Å². The van der Waals surface area contributed by atoms with Crippen molar-refractivity contribution in [1.82, 2.24) is 24.6 Å². The van der Waals surface area contributed by atoms with Crippen LogP contribution < -0.4 is 16.4 Å². The molecule has 4 rings (SSSR count). The lowest BCUT2D eigenvalue weighted by Gasteiger charge is -2.22. The average Bonchev–Trinajstić information content (AvgIpc) is 3.14. The first kappa shape index (κ1) is 18.9. The highest BCUT2D eigenvalue weighted by Crippen LogP contribution is 2.12. The number of nitrogens with zero attached hydrogens (tertiary/aromatic N) is 3. The Hall–Kier alpha value is -3.46. The molecule has 2 N–H and O–H groups in total. The van der Waals surface area contributed by atoms with Crippen LogP contribution in [-0.4, -0.2) is 44.5 Å². The number of aromatic amines is 1. The van der Waals surface area contributed by atoms with E-state index in [0.29, 0.717) is 23.7 Å². The van der Waals surface area contributed by atoms with Gasteiger partial charge in [0.25, 0.3) is 17.0 Å². The van der Waals surface area contributed by atoms with Crippen molar-refractivity contribution in [2.45, 2.75) is 25.4 Å². The Kier molecular flexibility index (Phi) is 5.39. The highest BCUT2D eigenvalue weighted by atomic mass is 16.5. The van der Waals surface area contributed by atoms with Crippen molar-refractivity contribution in [3.05, 3.63) is 75.1 Å². The summed E-state index contributed by atoms with van der Waals surface area (Å²) in [6, 6.07) is 9.21. The Morgan fingerprint density at radius 2 is 2.10 bits per heavy atom. The van der Waals surface area contributed by atoms with Gasteiger partial charge < -0.3 is 10.1 Å². The predicted octanol–water partition coefficient (Wildman–Crippen LogP) is 1.01. The van der Waals surface area contributed by atoms with Crippen molar-refractivity contribution in [3.63, 3.8) is 0 Å². The minimum Gasteiger partial charge on any atom is -0.376 e. The minimum atomic E-state index is -0.366. The first-order valence-electron chi connectivity index (χ1n) is 9.48. The quantitative estimate of drug-likeness (QED) is 0.670. The van der Waals surface area contributed by atoms with Gasteiger partial charge in [0.1, 0.15) is 5.82 Å². The molecular weight excluding hydrogens is 374 g/mol. The molecule has 0 bridgehead atoms. The maximum absolute atomic E-state index is 12.3. The van der Waals surface area contributed by atoms with Gasteiger partial charge >= 0.3 is 0 Å². The van der Waals surface area contributed by atoms with Crippen LogP contribution >= 0.6 is 0 Å². The molecule has 0 aliphatic carbocycles. The molecule has 1 unspecified atom stereocenters. The average molecular weight is 395 g/mol. The lowest BCUT2D eigenvalue weighted by molar-refractivity contribution is 0.0169. The maximum atomic E-state index is 12.3. The third-order valence-corrected chi connectivity index (χ3v) is 4.79. The van der Waals surface area contributed by atoms with Crippen LogP contribution in [0.2, 0.25) is 0 Å². The second-order valence-electron chi connectivity index (χ2n) is 6.83. The molecule has 1 saturated heterocycles. The number of nitrogens with one attached hydrogen (secondary N) is 2. The van der Waals surface area contributed by atoms with Crippen LogP contribution in [0.5, 0.6) is 0 Å². The monoisotopic (exact) mass is 395 g/mol. The first-order valence-corrected chi connectivity index (χ1v) is 9.48. The van der Waals surface area contributed by atoms with Gasteiger partial charge in [0.15, 0.2) is 5.82 Å². The van der Waals surface area contributed by atoms with Gasteiger partial charge in [-0.1, -0.05) is 6.07 Å². The van der Waals surface area contributed by atoms with Crippen LogP contribution in [-0.2, 0) is 4.74 Å². The van der Waals surface area contributed by atoms with E-state index in [1.165, 1.54) is 27.6 Å². The van der Waals surface area contributed by atoms with Crippen molar-refractivity contribution in [3.8, 4) is 11.6 Å². The lowest BCUT2D eigenvalue weighted by Crippen LogP contribution is -2.35. The molecule has 9 nitrogen and oxygen atoms in total. The number of carbonyl (C=O) groups is 1. The highest BCUT2D eigenvalue weighted by Gasteiger charge is 2.16. The van der Waals surface area contributed by atoms with Crippen LogP contribution in [0, 0.1) is 0 Å². The standard InChI is InChI=1S/C20H21N5O4/c26-18-6-1-3-9-24(18)17-11-19(27)25(23-17)16-8-7-14(12-21-16)20(28)22-13-15-5-2-4-10-29-15/h1,3,6-9,11-12,15,23H,2,4-5,10,13H2,(H,22,28). The molecule has 4 heterocycles. The summed E-state index contributed by atoms with van der Waals surface area (Å²) in [4.78, 5) is 40.8. The highest BCUT2D eigenvalue weighted by molar-refractivity contribution is 5.93. The van der Waals surface area contributed by atoms with E-state index in [1.54, 1.807) is 30.5 Å². The van der Waals surface area contributed by atoms with Gasteiger partial charge in [-0.3, -0.25) is 24.0 Å². The molecule has 1 amide bonds. The normalized spacial score (nSPS) is 16.5. The van der Waals surface area contributed by atoms with Gasteiger partial charge in [0.05, 0.1) is 11.7 Å². The summed E-state index contributed by atoms with van der Waals surface area (Å²) in [5.74, 6) is 0.405. The van der Waals surface area contributed by atoms with Crippen LogP contribution in [0.1, 0.15) is 29.6 Å². The van der Waals surface area contributed by atoms with Crippen LogP contribution in [0.3, 0.4) is 0 Å². The van der Waals surface area contributed by atoms with E-state index in [1.807, 2.05) is 0 Å². The third-order valence-electron chi connectivity index (χ3n) is 4.79. The SMILES string of the molecule is O=C(NCC1CCCCO1)c1ccc(-n2[nH]c(-n3ccccc3=O)cc2=O)nc1. The lowest BCUT2D eigenvalue weighted by atomic mass is 10.1. The minimum absolute atomic E-state index is 0.0530. The second-order valence-corrected chi connectivity index (χ2v) is 6.83. The van der Waals surface area contributed by atoms with Crippen molar-refractivity contribution < 1.29 is 9.53 Å². The number of rotatable bonds is 5. The molecule has 0 saturated carbocycles. The van der Waals surface area contributed by atoms with E-state index in [4.69, 9.17) is 4.74 Å². The molecule has 29 heavy (non-hydrogen) atoms. The molecule has 1 aliphatic rings. The van der Waals surface area contributed by atoms with E-state index in [2.05, 4.69) is 15.4 Å². The predicted molar refractivity (Wildman–Crippen MR) is 106 cm³/mol. The second kappa shape index (κ2) is 8.27. The zero-order valence-corrected chi connectivity index (χ0v) is 15.7. The zero-order chi connectivity index (χ0) is 20.2. The summed E-state index contributed by atoms with van der Waals surface area (Å²) >= 11 is 0. The van der Waals surface area contributed by atoms with Gasteiger partial charge in [-0.25, -0.2) is 4.98 Å². The van der Waals surface area contributed by atoms with E-state index in [0.717, 1.165) is 25.9 Å². The van der Waals surface area contributed by atoms with Gasteiger partial charge in [-0.15, -0.1) is 0 Å². The van der Waals surface area contributed by atoms with E-state index >= 15 is 0 Å². The van der Waals surface area contributed by atoms with Crippen molar-refractivity contribution in [2.24, 2.45) is 0 Å². The number of amides is 1. The molecule has 1 atom stereocenters. The van der Waals surface area contributed by atoms with E-state index in [-0.39, 0.29) is 23.1 Å². The Balaban J connectivity index is 1.48. The summed E-state index contributed by atoms with van der Waals surface area (Å²) in [5.41, 5.74) is -0.235. The molecule has 0 radical (unpaired) electrons. The Labute approximate surface area is 165 Å². The molecule has 1 fully saturated rings. The maximum Gasteiger partial charge on any atom is 0.274 e. The zero-order valence-electron chi connectivity index (χ0n) is 15.7. The Bertz CT molecular complexity index is 1110. The first-order chi connectivity index (χ1) is 14.1. The number of hydrogen-bond acceptors (Lipinski definition) is 5. The third kappa shape index (κ3) is 4.19. The van der Waals surface area contributed by atoms with Crippen molar-refractivity contribution in [2.75, 3.05) is 13.2 Å². The van der Waals surface area contributed by atoms with Crippen molar-refractivity contribution in [1.29, 1.82) is 0 Å². The molecule has 9 heteroatoms. The largest absolute Gasteiger partial charge is 0.376 e. The van der Waals surface area contributed by atoms with Gasteiger partial charge in [0, 0.05) is 37.7 Å². The van der Waals surface area contributed by atoms with Crippen LogP contribution in [0.25, 0.3) is 11.6 Å². The summed E-state index contributed by atoms with van der Waals surface area (Å²) in [7, 11) is 0. The summed E-state index contributed by atoms with van der Waals surface area (Å²) in [6.45, 7) is 1.20. The fraction of sp³-hybridized carbons (Fsp3) is 0.300. The molecular formula is C20H21N5O4. The number of aromatic nitrogens is 4. The van der Waals surface area contributed by atoms with Gasteiger partial charge in [-0.05, 0) is 37.5 Å². The molecule has 3 aromatic rings. The van der Waals surface area contributed by atoms with E-state index in [9.17, 15) is 14.4 Å². The Morgan fingerprint density at radius 3 is 2.83 bits per heavy atom. The van der Waals surface area contributed by atoms with Gasteiger partial charge in [-0.2, -0.15) is 4.68 Å². The van der Waals surface area contributed by atoms with E-state index < -0.39 is 0 Å². The number of pyridine rings is 2. The molecule has 0 spiro atoms. The Morgan fingerprint density at radius 1 is 1.21 bits per heavy atom. The summed E-state index contributed by atoms with van der Waals surface area (Å²) in [6.07, 6.45) is 6.15. The molecule has 1 aliphatic heterocycles. The number of H-pyrrole nitrogens is 1.